The summed E-state index contributed by atoms with van der Waals surface area (Å²) in [5, 5.41) is 3.42. The van der Waals surface area contributed by atoms with E-state index in [1.165, 1.54) is 0 Å². The fraction of sp³-hybridized carbons (Fsp3) is 0.600. The summed E-state index contributed by atoms with van der Waals surface area (Å²) in [6.45, 7) is 3.39. The van der Waals surface area contributed by atoms with Crippen LogP contribution < -0.4 is 14.8 Å². The summed E-state index contributed by atoms with van der Waals surface area (Å²) in [5.41, 5.74) is 1.13. The number of ether oxygens (including phenoxy) is 4. The SMILES string of the molecule is COCC(CNC(C)c1ccc(OC)c(OC)c1)OC. The van der Waals surface area contributed by atoms with Crippen molar-refractivity contribution in [2.24, 2.45) is 0 Å². The number of rotatable bonds is 9. The molecule has 0 heterocycles. The summed E-state index contributed by atoms with van der Waals surface area (Å²) in [7, 11) is 6.63. The number of benzene rings is 1. The summed E-state index contributed by atoms with van der Waals surface area (Å²) in [6, 6.07) is 6.10. The maximum atomic E-state index is 5.33. The lowest BCUT2D eigenvalue weighted by Gasteiger charge is -2.20. The van der Waals surface area contributed by atoms with Gasteiger partial charge in [-0.05, 0) is 24.6 Å². The first-order valence-electron chi connectivity index (χ1n) is 6.63. The minimum atomic E-state index is 0.0441. The van der Waals surface area contributed by atoms with Crippen molar-refractivity contribution in [2.45, 2.75) is 19.1 Å². The second-order valence-electron chi connectivity index (χ2n) is 4.56. The molecule has 0 aromatic heterocycles. The van der Waals surface area contributed by atoms with Gasteiger partial charge in [-0.3, -0.25) is 0 Å². The Bertz CT molecular complexity index is 397. The van der Waals surface area contributed by atoms with Crippen LogP contribution in [0.5, 0.6) is 11.5 Å². The predicted molar refractivity (Wildman–Crippen MR) is 78.6 cm³/mol. The van der Waals surface area contributed by atoms with Crippen LogP contribution in [0.3, 0.4) is 0 Å². The molecule has 0 spiro atoms. The van der Waals surface area contributed by atoms with E-state index in [-0.39, 0.29) is 12.1 Å². The third kappa shape index (κ3) is 4.67. The van der Waals surface area contributed by atoms with Gasteiger partial charge in [0.2, 0.25) is 0 Å². The third-order valence-corrected chi connectivity index (χ3v) is 3.25. The topological polar surface area (TPSA) is 49.0 Å². The van der Waals surface area contributed by atoms with E-state index < -0.39 is 0 Å². The second kappa shape index (κ2) is 8.79. The lowest BCUT2D eigenvalue weighted by Crippen LogP contribution is -2.33. The Kier molecular flexibility index (Phi) is 7.36. The third-order valence-electron chi connectivity index (χ3n) is 3.25. The van der Waals surface area contributed by atoms with E-state index in [0.717, 1.165) is 23.6 Å². The lowest BCUT2D eigenvalue weighted by molar-refractivity contribution is 0.0276. The zero-order chi connectivity index (χ0) is 15.0. The molecule has 5 heteroatoms. The molecule has 5 nitrogen and oxygen atoms in total. The van der Waals surface area contributed by atoms with Crippen molar-refractivity contribution in [1.82, 2.24) is 5.32 Å². The quantitative estimate of drug-likeness (QED) is 0.751. The summed E-state index contributed by atoms with van der Waals surface area (Å²) < 4.78 is 21.0. The Hall–Kier alpha value is -1.30. The number of nitrogens with one attached hydrogen (secondary N) is 1. The van der Waals surface area contributed by atoms with Crippen molar-refractivity contribution in [3.8, 4) is 11.5 Å². The lowest BCUT2D eigenvalue weighted by atomic mass is 10.1. The van der Waals surface area contributed by atoms with Crippen LogP contribution in [0.2, 0.25) is 0 Å². The average Bonchev–Trinajstić information content (AvgIpc) is 2.50. The van der Waals surface area contributed by atoms with E-state index in [2.05, 4.69) is 12.2 Å². The fourth-order valence-corrected chi connectivity index (χ4v) is 1.94. The molecular weight excluding hydrogens is 258 g/mol. The highest BCUT2D eigenvalue weighted by Gasteiger charge is 2.12. The van der Waals surface area contributed by atoms with Crippen LogP contribution in [0.25, 0.3) is 0 Å². The minimum Gasteiger partial charge on any atom is -0.493 e. The zero-order valence-corrected chi connectivity index (χ0v) is 12.9. The van der Waals surface area contributed by atoms with E-state index in [1.807, 2.05) is 18.2 Å². The molecule has 2 atom stereocenters. The van der Waals surface area contributed by atoms with Crippen LogP contribution in [0, 0.1) is 0 Å². The van der Waals surface area contributed by atoms with E-state index >= 15 is 0 Å². The second-order valence-corrected chi connectivity index (χ2v) is 4.56. The van der Waals surface area contributed by atoms with Gasteiger partial charge in [0.25, 0.3) is 0 Å². The minimum absolute atomic E-state index is 0.0441. The molecule has 0 aliphatic rings. The van der Waals surface area contributed by atoms with Gasteiger partial charge in [0.1, 0.15) is 0 Å². The first-order chi connectivity index (χ1) is 9.65. The van der Waals surface area contributed by atoms with Gasteiger partial charge in [-0.2, -0.15) is 0 Å². The van der Waals surface area contributed by atoms with E-state index in [4.69, 9.17) is 18.9 Å². The zero-order valence-electron chi connectivity index (χ0n) is 12.9. The van der Waals surface area contributed by atoms with Gasteiger partial charge in [-0.1, -0.05) is 6.07 Å². The average molecular weight is 283 g/mol. The fourth-order valence-electron chi connectivity index (χ4n) is 1.94. The molecule has 0 fully saturated rings. The Balaban J connectivity index is 2.65. The molecule has 0 bridgehead atoms. The van der Waals surface area contributed by atoms with Crippen molar-refractivity contribution in [3.63, 3.8) is 0 Å². The van der Waals surface area contributed by atoms with Crippen LogP contribution in [0.4, 0.5) is 0 Å². The van der Waals surface area contributed by atoms with Gasteiger partial charge in [-0.25, -0.2) is 0 Å². The van der Waals surface area contributed by atoms with Crippen LogP contribution in [-0.4, -0.2) is 47.7 Å². The molecule has 1 rings (SSSR count). The van der Waals surface area contributed by atoms with Crippen molar-refractivity contribution in [2.75, 3.05) is 41.6 Å². The Morgan fingerprint density at radius 2 is 1.75 bits per heavy atom. The Morgan fingerprint density at radius 3 is 2.30 bits per heavy atom. The first-order valence-corrected chi connectivity index (χ1v) is 6.63. The molecular formula is C15H25NO4. The number of methoxy groups -OCH3 is 4. The first kappa shape index (κ1) is 16.8. The Labute approximate surface area is 121 Å². The highest BCUT2D eigenvalue weighted by molar-refractivity contribution is 5.43. The molecule has 20 heavy (non-hydrogen) atoms. The van der Waals surface area contributed by atoms with Gasteiger partial charge < -0.3 is 24.3 Å². The standard InChI is InChI=1S/C15H25NO4/c1-11(16-9-13(18-3)10-17-2)12-6-7-14(19-4)15(8-12)20-5/h6-8,11,13,16H,9-10H2,1-5H3. The largest absolute Gasteiger partial charge is 0.493 e. The molecule has 0 aliphatic carbocycles. The maximum absolute atomic E-state index is 5.33. The van der Waals surface area contributed by atoms with E-state index in [9.17, 15) is 0 Å². The molecule has 114 valence electrons. The van der Waals surface area contributed by atoms with E-state index in [1.54, 1.807) is 28.4 Å². The molecule has 0 saturated carbocycles. The maximum Gasteiger partial charge on any atom is 0.161 e. The summed E-state index contributed by atoms with van der Waals surface area (Å²) in [6.07, 6.45) is 0.0441. The van der Waals surface area contributed by atoms with Gasteiger partial charge in [0.15, 0.2) is 11.5 Å². The van der Waals surface area contributed by atoms with Crippen LogP contribution in [-0.2, 0) is 9.47 Å². The molecule has 1 aromatic rings. The smallest absolute Gasteiger partial charge is 0.161 e. The molecule has 1 N–H and O–H groups in total. The highest BCUT2D eigenvalue weighted by Crippen LogP contribution is 2.29. The summed E-state index contributed by atoms with van der Waals surface area (Å²) >= 11 is 0. The normalized spacial score (nSPS) is 13.8. The summed E-state index contributed by atoms with van der Waals surface area (Å²) in [4.78, 5) is 0. The molecule has 0 aliphatic heterocycles. The van der Waals surface area contributed by atoms with Gasteiger partial charge >= 0.3 is 0 Å². The van der Waals surface area contributed by atoms with Crippen LogP contribution in [0.1, 0.15) is 18.5 Å². The molecule has 0 amide bonds. The molecule has 0 saturated heterocycles. The molecule has 2 unspecified atom stereocenters. The number of hydrogen-bond donors (Lipinski definition) is 1. The monoisotopic (exact) mass is 283 g/mol. The summed E-state index contributed by atoms with van der Waals surface area (Å²) in [5.74, 6) is 1.47. The van der Waals surface area contributed by atoms with Crippen molar-refractivity contribution in [1.29, 1.82) is 0 Å². The van der Waals surface area contributed by atoms with Crippen LogP contribution in [0.15, 0.2) is 18.2 Å². The van der Waals surface area contributed by atoms with Crippen molar-refractivity contribution in [3.05, 3.63) is 23.8 Å². The van der Waals surface area contributed by atoms with Gasteiger partial charge in [0, 0.05) is 26.8 Å². The molecule has 0 radical (unpaired) electrons. The van der Waals surface area contributed by atoms with Gasteiger partial charge in [0.05, 0.1) is 26.9 Å². The molecule has 1 aromatic carbocycles. The van der Waals surface area contributed by atoms with Crippen molar-refractivity contribution < 1.29 is 18.9 Å². The van der Waals surface area contributed by atoms with Gasteiger partial charge in [-0.15, -0.1) is 0 Å². The van der Waals surface area contributed by atoms with E-state index in [0.29, 0.717) is 6.61 Å². The Morgan fingerprint density at radius 1 is 1.05 bits per heavy atom. The predicted octanol–water partition coefficient (Wildman–Crippen LogP) is 2.02. The van der Waals surface area contributed by atoms with Crippen LogP contribution >= 0.6 is 0 Å². The number of hydrogen-bond acceptors (Lipinski definition) is 5. The highest BCUT2D eigenvalue weighted by atomic mass is 16.5. The van der Waals surface area contributed by atoms with Crippen molar-refractivity contribution >= 4 is 0 Å².